The molecule has 4 nitrogen and oxygen atoms in total. The first-order chi connectivity index (χ1) is 9.10. The van der Waals surface area contributed by atoms with Gasteiger partial charge in [-0.3, -0.25) is 4.79 Å². The van der Waals surface area contributed by atoms with Crippen molar-refractivity contribution in [3.8, 4) is 0 Å². The van der Waals surface area contributed by atoms with Crippen LogP contribution in [0.4, 0.5) is 0 Å². The number of carbonyl (C=O) groups excluding carboxylic acids is 1. The molecule has 1 amide bonds. The van der Waals surface area contributed by atoms with E-state index in [4.69, 9.17) is 0 Å². The van der Waals surface area contributed by atoms with Crippen LogP contribution in [0.2, 0.25) is 0 Å². The molecule has 0 fully saturated rings. The van der Waals surface area contributed by atoms with Crippen LogP contribution in [0.5, 0.6) is 0 Å². The summed E-state index contributed by atoms with van der Waals surface area (Å²) in [5.41, 5.74) is 0. The van der Waals surface area contributed by atoms with Crippen LogP contribution in [0, 0.1) is 0 Å². The van der Waals surface area contributed by atoms with Crippen LogP contribution >= 0.6 is 0 Å². The average molecular weight is 271 g/mol. The lowest BCUT2D eigenvalue weighted by Gasteiger charge is -2.03. The van der Waals surface area contributed by atoms with Crippen LogP contribution in [0.15, 0.2) is 64.5 Å². The fourth-order valence-corrected chi connectivity index (χ4v) is 3.50. The Kier molecular flexibility index (Phi) is 2.57. The molecular formula is C14H9NO3S. The second-order valence-corrected chi connectivity index (χ2v) is 5.97. The fraction of sp³-hybridized carbons (Fsp3) is 0. The van der Waals surface area contributed by atoms with E-state index in [2.05, 4.69) is 4.99 Å². The molecule has 0 N–H and O–H groups in total. The lowest BCUT2D eigenvalue weighted by Crippen LogP contribution is -2.25. The smallest absolute Gasteiger partial charge is 0.266 e. The highest BCUT2D eigenvalue weighted by molar-refractivity contribution is 8.01. The molecule has 3 rings (SSSR count). The summed E-state index contributed by atoms with van der Waals surface area (Å²) in [5.74, 6) is -0.704. The van der Waals surface area contributed by atoms with Crippen molar-refractivity contribution in [3.63, 3.8) is 0 Å². The number of hydrogen-bond donors (Lipinski definition) is 0. The Labute approximate surface area is 109 Å². The number of benzene rings is 2. The molecule has 0 bridgehead atoms. The van der Waals surface area contributed by atoms with Gasteiger partial charge in [-0.15, -0.1) is 0 Å². The van der Waals surface area contributed by atoms with Gasteiger partial charge < -0.3 is 0 Å². The highest BCUT2D eigenvalue weighted by Crippen LogP contribution is 2.20. The summed E-state index contributed by atoms with van der Waals surface area (Å²) in [4.78, 5) is 15.5. The Bertz CT molecular complexity index is 884. The molecule has 1 heterocycles. The predicted molar refractivity (Wildman–Crippen MR) is 69.3 cm³/mol. The van der Waals surface area contributed by atoms with Gasteiger partial charge in [0.25, 0.3) is 5.91 Å². The van der Waals surface area contributed by atoms with E-state index in [0.29, 0.717) is 10.6 Å². The van der Waals surface area contributed by atoms with Crippen molar-refractivity contribution < 1.29 is 13.2 Å². The van der Waals surface area contributed by atoms with Gasteiger partial charge in [-0.05, 0) is 18.2 Å². The lowest BCUT2D eigenvalue weighted by atomic mass is 10.3. The monoisotopic (exact) mass is 271 g/mol. The van der Waals surface area contributed by atoms with Gasteiger partial charge in [0.05, 0.1) is 10.3 Å². The van der Waals surface area contributed by atoms with Crippen LogP contribution in [-0.4, -0.2) is 14.3 Å². The number of nitrogens with zero attached hydrogens (tertiary/aromatic N) is 1. The van der Waals surface area contributed by atoms with Crippen LogP contribution in [-0.2, 0) is 14.6 Å². The molecule has 0 saturated carbocycles. The zero-order valence-electron chi connectivity index (χ0n) is 9.78. The number of hydrogen-bond acceptors (Lipinski definition) is 3. The minimum atomic E-state index is -3.83. The summed E-state index contributed by atoms with van der Waals surface area (Å²) in [5, 5.41) is 0.776. The number of sulfone groups is 1. The third-order valence-corrected chi connectivity index (χ3v) is 4.71. The zero-order valence-corrected chi connectivity index (χ0v) is 10.6. The quantitative estimate of drug-likeness (QED) is 0.795. The van der Waals surface area contributed by atoms with Gasteiger partial charge in [0, 0.05) is 5.22 Å². The normalized spacial score (nSPS) is 14.1. The first-order valence-corrected chi connectivity index (χ1v) is 7.11. The van der Waals surface area contributed by atoms with Gasteiger partial charge in [0.1, 0.15) is 4.91 Å². The average Bonchev–Trinajstić information content (AvgIpc) is 2.76. The highest BCUT2D eigenvalue weighted by Gasteiger charge is 2.30. The van der Waals surface area contributed by atoms with Crippen LogP contribution in [0.1, 0.15) is 0 Å². The van der Waals surface area contributed by atoms with E-state index in [1.807, 2.05) is 0 Å². The zero-order chi connectivity index (χ0) is 13.5. The fourth-order valence-electron chi connectivity index (χ4n) is 2.02. The Balaban J connectivity index is 2.36. The van der Waals surface area contributed by atoms with E-state index in [1.54, 1.807) is 42.5 Å². The molecule has 19 heavy (non-hydrogen) atoms. The Hall–Kier alpha value is -2.27. The molecule has 0 saturated heterocycles. The number of amides is 1. The molecule has 0 radical (unpaired) electrons. The SMILES string of the molecule is O=C1N=c2ccccc2=C1S(=O)(=O)c1ccccc1. The largest absolute Gasteiger partial charge is 0.290 e. The molecule has 5 heteroatoms. The standard InChI is InChI=1S/C14H9NO3S/c16-14-13(11-8-4-5-9-12(11)15-14)19(17,18)10-6-2-1-3-7-10/h1-9H. The van der Waals surface area contributed by atoms with Gasteiger partial charge in [-0.2, -0.15) is 0 Å². The second-order valence-electron chi connectivity index (χ2n) is 4.08. The maximum atomic E-state index is 12.5. The molecule has 2 aromatic carbocycles. The minimum absolute atomic E-state index is 0.102. The molecule has 0 unspecified atom stereocenters. The molecule has 0 aromatic heterocycles. The summed E-state index contributed by atoms with van der Waals surface area (Å²) in [6.07, 6.45) is 0. The van der Waals surface area contributed by atoms with Gasteiger partial charge in [-0.25, -0.2) is 13.4 Å². The summed E-state index contributed by atoms with van der Waals surface area (Å²) < 4.78 is 25.0. The summed E-state index contributed by atoms with van der Waals surface area (Å²) in [6, 6.07) is 14.5. The first kappa shape index (κ1) is 11.8. The molecule has 1 aliphatic heterocycles. The summed E-state index contributed by atoms with van der Waals surface area (Å²) in [7, 11) is -3.83. The second kappa shape index (κ2) is 4.13. The van der Waals surface area contributed by atoms with Crippen LogP contribution in [0.3, 0.4) is 0 Å². The van der Waals surface area contributed by atoms with Crippen molar-refractivity contribution in [2.45, 2.75) is 4.90 Å². The Morgan fingerprint density at radius 2 is 1.47 bits per heavy atom. The molecule has 1 aliphatic rings. The van der Waals surface area contributed by atoms with Crippen molar-refractivity contribution in [2.75, 3.05) is 0 Å². The molecule has 0 aliphatic carbocycles. The molecule has 94 valence electrons. The number of rotatable bonds is 2. The maximum Gasteiger partial charge on any atom is 0.290 e. The van der Waals surface area contributed by atoms with Crippen LogP contribution < -0.4 is 10.6 Å². The van der Waals surface area contributed by atoms with E-state index in [1.165, 1.54) is 12.1 Å². The van der Waals surface area contributed by atoms with Gasteiger partial charge in [0.15, 0.2) is 0 Å². The van der Waals surface area contributed by atoms with E-state index < -0.39 is 15.7 Å². The van der Waals surface area contributed by atoms with E-state index in [-0.39, 0.29) is 9.80 Å². The number of para-hydroxylation sites is 1. The van der Waals surface area contributed by atoms with Gasteiger partial charge >= 0.3 is 0 Å². The molecular weight excluding hydrogens is 262 g/mol. The Morgan fingerprint density at radius 3 is 2.21 bits per heavy atom. The number of carbonyl (C=O) groups is 1. The first-order valence-electron chi connectivity index (χ1n) is 5.63. The third-order valence-electron chi connectivity index (χ3n) is 2.89. The molecule has 2 aromatic rings. The van der Waals surface area contributed by atoms with Crippen molar-refractivity contribution in [3.05, 3.63) is 65.2 Å². The third kappa shape index (κ3) is 1.79. The van der Waals surface area contributed by atoms with E-state index >= 15 is 0 Å². The van der Waals surface area contributed by atoms with E-state index in [9.17, 15) is 13.2 Å². The van der Waals surface area contributed by atoms with Crippen molar-refractivity contribution in [1.82, 2.24) is 0 Å². The minimum Gasteiger partial charge on any atom is -0.266 e. The maximum absolute atomic E-state index is 12.5. The van der Waals surface area contributed by atoms with Crippen molar-refractivity contribution in [2.24, 2.45) is 4.99 Å². The topological polar surface area (TPSA) is 63.6 Å². The van der Waals surface area contributed by atoms with Gasteiger partial charge in [0.2, 0.25) is 9.84 Å². The Morgan fingerprint density at radius 1 is 0.842 bits per heavy atom. The lowest BCUT2D eigenvalue weighted by molar-refractivity contribution is -0.112. The van der Waals surface area contributed by atoms with Gasteiger partial charge in [-0.1, -0.05) is 36.4 Å². The van der Waals surface area contributed by atoms with E-state index in [0.717, 1.165) is 0 Å². The predicted octanol–water partition coefficient (Wildman–Crippen LogP) is 0.429. The van der Waals surface area contributed by atoms with Crippen molar-refractivity contribution >= 4 is 20.6 Å². The van der Waals surface area contributed by atoms with Crippen LogP contribution in [0.25, 0.3) is 4.91 Å². The highest BCUT2D eigenvalue weighted by atomic mass is 32.2. The summed E-state index contributed by atoms with van der Waals surface area (Å²) >= 11 is 0. The number of fused-ring (bicyclic) bond motifs is 1. The van der Waals surface area contributed by atoms with Crippen molar-refractivity contribution in [1.29, 1.82) is 0 Å². The molecule has 0 atom stereocenters. The summed E-state index contributed by atoms with van der Waals surface area (Å²) in [6.45, 7) is 0. The molecule has 0 spiro atoms.